The molecule has 29 heavy (non-hydrogen) atoms. The first-order valence-corrected chi connectivity index (χ1v) is 10.9. The van der Waals surface area contributed by atoms with Crippen molar-refractivity contribution in [2.45, 2.75) is 37.1 Å². The fourth-order valence-electron chi connectivity index (χ4n) is 3.28. The van der Waals surface area contributed by atoms with E-state index in [4.69, 9.17) is 0 Å². The van der Waals surface area contributed by atoms with Crippen molar-refractivity contribution in [3.63, 3.8) is 0 Å². The normalized spacial score (nSPS) is 17.1. The Morgan fingerprint density at radius 2 is 1.97 bits per heavy atom. The van der Waals surface area contributed by atoms with Gasteiger partial charge in [-0.3, -0.25) is 19.9 Å². The molecule has 0 spiro atoms. The third-order valence-electron chi connectivity index (χ3n) is 4.77. The molecule has 0 bridgehead atoms. The average molecular weight is 411 g/mol. The van der Waals surface area contributed by atoms with E-state index in [1.54, 1.807) is 29.2 Å². The highest BCUT2D eigenvalue weighted by molar-refractivity contribution is 7.90. The van der Waals surface area contributed by atoms with E-state index in [9.17, 15) is 13.2 Å². The SMILES string of the molecule is CCCCC(N=C1NS(=O)(=O)c2ccccc21)C(=O)Nn1cnc2ccccc21. The lowest BCUT2D eigenvalue weighted by atomic mass is 10.1. The minimum absolute atomic E-state index is 0.175. The van der Waals surface area contributed by atoms with Gasteiger partial charge in [-0.1, -0.05) is 44.0 Å². The summed E-state index contributed by atoms with van der Waals surface area (Å²) < 4.78 is 28.7. The molecule has 0 saturated carbocycles. The molecule has 9 heteroatoms. The third-order valence-corrected chi connectivity index (χ3v) is 6.16. The number of rotatable bonds is 6. The number of fused-ring (bicyclic) bond motifs is 2. The van der Waals surface area contributed by atoms with Gasteiger partial charge in [-0.05, 0) is 30.7 Å². The standard InChI is InChI=1S/C20H21N5O3S/c1-2-3-9-16(20(26)23-25-13-21-15-10-5-6-11-17(15)25)22-19-14-8-4-7-12-18(14)29(27,28)24-19/h4-8,10-13,16H,2-3,9H2,1H3,(H,22,24)(H,23,26). The largest absolute Gasteiger partial charge is 0.271 e. The molecule has 2 heterocycles. The number of nitrogens with one attached hydrogen (secondary N) is 2. The zero-order valence-corrected chi connectivity index (χ0v) is 16.7. The first-order valence-electron chi connectivity index (χ1n) is 9.42. The number of nitrogens with zero attached hydrogens (tertiary/aromatic N) is 3. The fourth-order valence-corrected chi connectivity index (χ4v) is 4.52. The molecule has 2 N–H and O–H groups in total. The van der Waals surface area contributed by atoms with Crippen LogP contribution in [0.25, 0.3) is 11.0 Å². The molecule has 1 aromatic heterocycles. The molecule has 0 aliphatic carbocycles. The summed E-state index contributed by atoms with van der Waals surface area (Å²) in [6, 6.07) is 13.3. The van der Waals surface area contributed by atoms with Gasteiger partial charge in [0.15, 0.2) is 0 Å². The summed E-state index contributed by atoms with van der Waals surface area (Å²) in [6.45, 7) is 2.03. The molecule has 0 saturated heterocycles. The Balaban J connectivity index is 1.64. The Bertz CT molecular complexity index is 1200. The van der Waals surface area contributed by atoms with Gasteiger partial charge < -0.3 is 0 Å². The molecule has 8 nitrogen and oxygen atoms in total. The molecule has 1 aliphatic rings. The Kier molecular flexibility index (Phi) is 5.06. The van der Waals surface area contributed by atoms with E-state index < -0.39 is 16.1 Å². The van der Waals surface area contributed by atoms with Crippen molar-refractivity contribution < 1.29 is 13.2 Å². The van der Waals surface area contributed by atoms with Crippen LogP contribution in [0.5, 0.6) is 0 Å². The first-order chi connectivity index (χ1) is 14.0. The van der Waals surface area contributed by atoms with E-state index in [2.05, 4.69) is 20.1 Å². The molecular weight excluding hydrogens is 390 g/mol. The minimum atomic E-state index is -3.65. The molecule has 150 valence electrons. The van der Waals surface area contributed by atoms with Crippen LogP contribution in [0.2, 0.25) is 0 Å². The lowest BCUT2D eigenvalue weighted by Crippen LogP contribution is -2.34. The van der Waals surface area contributed by atoms with Crippen LogP contribution in [-0.2, 0) is 14.8 Å². The van der Waals surface area contributed by atoms with Crippen molar-refractivity contribution in [2.75, 3.05) is 5.43 Å². The Morgan fingerprint density at radius 3 is 2.79 bits per heavy atom. The van der Waals surface area contributed by atoms with E-state index in [-0.39, 0.29) is 16.6 Å². The van der Waals surface area contributed by atoms with Gasteiger partial charge >= 0.3 is 0 Å². The Morgan fingerprint density at radius 1 is 1.21 bits per heavy atom. The summed E-state index contributed by atoms with van der Waals surface area (Å²) in [5.41, 5.74) is 4.84. The molecule has 1 amide bonds. The molecule has 0 fully saturated rings. The molecule has 1 aliphatic heterocycles. The lowest BCUT2D eigenvalue weighted by Gasteiger charge is -2.14. The van der Waals surface area contributed by atoms with Crippen molar-refractivity contribution in [1.29, 1.82) is 0 Å². The quantitative estimate of drug-likeness (QED) is 0.650. The highest BCUT2D eigenvalue weighted by Gasteiger charge is 2.31. The number of para-hydroxylation sites is 2. The van der Waals surface area contributed by atoms with Crippen LogP contribution >= 0.6 is 0 Å². The van der Waals surface area contributed by atoms with Crippen molar-refractivity contribution >= 4 is 32.8 Å². The number of aromatic nitrogens is 2. The highest BCUT2D eigenvalue weighted by Crippen LogP contribution is 2.23. The molecule has 2 aromatic carbocycles. The smallest absolute Gasteiger partial charge is 0.263 e. The van der Waals surface area contributed by atoms with Crippen molar-refractivity contribution in [3.05, 3.63) is 60.4 Å². The van der Waals surface area contributed by atoms with Crippen LogP contribution in [-0.4, -0.2) is 35.9 Å². The second-order valence-electron chi connectivity index (χ2n) is 6.82. The maximum Gasteiger partial charge on any atom is 0.263 e. The molecular formula is C20H21N5O3S. The average Bonchev–Trinajstić information content (AvgIpc) is 3.24. The zero-order valence-electron chi connectivity index (χ0n) is 15.9. The number of amidine groups is 1. The predicted octanol–water partition coefficient (Wildman–Crippen LogP) is 2.40. The minimum Gasteiger partial charge on any atom is -0.271 e. The monoisotopic (exact) mass is 411 g/mol. The topological polar surface area (TPSA) is 105 Å². The molecule has 1 unspecified atom stereocenters. The maximum absolute atomic E-state index is 13.0. The number of hydrogen-bond donors (Lipinski definition) is 2. The zero-order chi connectivity index (χ0) is 20.4. The summed E-state index contributed by atoms with van der Waals surface area (Å²) in [6.07, 6.45) is 3.72. The number of carbonyl (C=O) groups excluding carboxylic acids is 1. The van der Waals surface area contributed by atoms with Crippen LogP contribution in [0.3, 0.4) is 0 Å². The van der Waals surface area contributed by atoms with E-state index in [0.29, 0.717) is 12.0 Å². The van der Waals surface area contributed by atoms with Gasteiger partial charge in [-0.25, -0.2) is 18.1 Å². The number of hydrogen-bond acceptors (Lipinski definition) is 5. The Labute approximate surface area is 168 Å². The maximum atomic E-state index is 13.0. The van der Waals surface area contributed by atoms with E-state index >= 15 is 0 Å². The number of imidazole rings is 1. The van der Waals surface area contributed by atoms with Crippen LogP contribution in [0, 0.1) is 0 Å². The first kappa shape index (κ1) is 19.1. The van der Waals surface area contributed by atoms with Crippen molar-refractivity contribution in [1.82, 2.24) is 14.4 Å². The van der Waals surface area contributed by atoms with E-state index in [0.717, 1.165) is 23.9 Å². The number of aliphatic imine (C=N–C) groups is 1. The van der Waals surface area contributed by atoms with Crippen LogP contribution in [0.1, 0.15) is 31.7 Å². The van der Waals surface area contributed by atoms with Crippen LogP contribution in [0.15, 0.2) is 64.7 Å². The second-order valence-corrected chi connectivity index (χ2v) is 8.47. The molecule has 3 aromatic rings. The van der Waals surface area contributed by atoms with Gasteiger partial charge in [0.05, 0.1) is 15.9 Å². The number of benzene rings is 2. The van der Waals surface area contributed by atoms with E-state index in [1.807, 2.05) is 31.2 Å². The predicted molar refractivity (Wildman–Crippen MR) is 111 cm³/mol. The second kappa shape index (κ2) is 7.67. The number of sulfonamides is 1. The molecule has 0 radical (unpaired) electrons. The van der Waals surface area contributed by atoms with E-state index in [1.165, 1.54) is 6.07 Å². The fraction of sp³-hybridized carbons (Fsp3) is 0.250. The van der Waals surface area contributed by atoms with Gasteiger partial charge in [0.2, 0.25) is 0 Å². The third kappa shape index (κ3) is 3.73. The van der Waals surface area contributed by atoms with Gasteiger partial charge in [0.25, 0.3) is 15.9 Å². The van der Waals surface area contributed by atoms with Crippen LogP contribution < -0.4 is 10.1 Å². The summed E-state index contributed by atoms with van der Waals surface area (Å²) in [7, 11) is -3.65. The summed E-state index contributed by atoms with van der Waals surface area (Å²) >= 11 is 0. The highest BCUT2D eigenvalue weighted by atomic mass is 32.2. The van der Waals surface area contributed by atoms with Gasteiger partial charge in [0.1, 0.15) is 18.2 Å². The summed E-state index contributed by atoms with van der Waals surface area (Å²) in [5.74, 6) is -0.120. The molecule has 4 rings (SSSR count). The summed E-state index contributed by atoms with van der Waals surface area (Å²) in [5, 5.41) is 0. The number of carbonyl (C=O) groups is 1. The van der Waals surface area contributed by atoms with Crippen molar-refractivity contribution in [3.8, 4) is 0 Å². The van der Waals surface area contributed by atoms with Crippen LogP contribution in [0.4, 0.5) is 0 Å². The van der Waals surface area contributed by atoms with Gasteiger partial charge in [0, 0.05) is 5.56 Å². The Hall–Kier alpha value is -3.20. The van der Waals surface area contributed by atoms with Gasteiger partial charge in [-0.15, -0.1) is 0 Å². The van der Waals surface area contributed by atoms with Crippen molar-refractivity contribution in [2.24, 2.45) is 4.99 Å². The van der Waals surface area contributed by atoms with Gasteiger partial charge in [-0.2, -0.15) is 0 Å². The number of amides is 1. The molecule has 1 atom stereocenters. The summed E-state index contributed by atoms with van der Waals surface area (Å²) in [4.78, 5) is 21.9. The number of unbranched alkanes of at least 4 members (excludes halogenated alkanes) is 1. The lowest BCUT2D eigenvalue weighted by molar-refractivity contribution is -0.118.